The van der Waals surface area contributed by atoms with Crippen molar-refractivity contribution in [2.45, 2.75) is 45.1 Å². The molecule has 1 rings (SSSR count). The maximum atomic E-state index is 12.0. The summed E-state index contributed by atoms with van der Waals surface area (Å²) in [5.41, 5.74) is 5.87. The zero-order valence-corrected chi connectivity index (χ0v) is 11.4. The summed E-state index contributed by atoms with van der Waals surface area (Å²) in [5.74, 6) is -0.213. The SMILES string of the molecule is CCCC[C@H](N)C(=O)N1CCC(C(=O)OC)CC1. The molecule has 1 heterocycles. The summed E-state index contributed by atoms with van der Waals surface area (Å²) >= 11 is 0. The number of hydrogen-bond acceptors (Lipinski definition) is 4. The summed E-state index contributed by atoms with van der Waals surface area (Å²) in [4.78, 5) is 25.2. The van der Waals surface area contributed by atoms with Gasteiger partial charge in [0.25, 0.3) is 0 Å². The molecule has 1 fully saturated rings. The fourth-order valence-electron chi connectivity index (χ4n) is 2.28. The van der Waals surface area contributed by atoms with Gasteiger partial charge in [0.1, 0.15) is 0 Å². The van der Waals surface area contributed by atoms with Crippen LogP contribution in [0.25, 0.3) is 0 Å². The quantitative estimate of drug-likeness (QED) is 0.742. The minimum absolute atomic E-state index is 0.0202. The standard InChI is InChI=1S/C13H24N2O3/c1-3-4-5-11(14)12(16)15-8-6-10(7-9-15)13(17)18-2/h10-11H,3-9,14H2,1-2H3/t11-/m0/s1. The van der Waals surface area contributed by atoms with Gasteiger partial charge < -0.3 is 15.4 Å². The molecule has 0 radical (unpaired) electrons. The van der Waals surface area contributed by atoms with E-state index in [2.05, 4.69) is 6.92 Å². The summed E-state index contributed by atoms with van der Waals surface area (Å²) in [7, 11) is 1.40. The molecule has 0 aliphatic carbocycles. The van der Waals surface area contributed by atoms with Gasteiger partial charge in [0.2, 0.25) is 5.91 Å². The Hall–Kier alpha value is -1.10. The van der Waals surface area contributed by atoms with E-state index in [9.17, 15) is 9.59 Å². The Morgan fingerprint density at radius 1 is 1.39 bits per heavy atom. The number of piperidine rings is 1. The summed E-state index contributed by atoms with van der Waals surface area (Å²) in [6, 6.07) is -0.389. The van der Waals surface area contributed by atoms with Crippen molar-refractivity contribution in [2.75, 3.05) is 20.2 Å². The third-order valence-corrected chi connectivity index (χ3v) is 3.53. The molecule has 2 N–H and O–H groups in total. The Morgan fingerprint density at radius 3 is 2.50 bits per heavy atom. The van der Waals surface area contributed by atoms with Gasteiger partial charge in [0.05, 0.1) is 19.1 Å². The summed E-state index contributed by atoms with van der Waals surface area (Å²) in [6.07, 6.45) is 4.13. The van der Waals surface area contributed by atoms with E-state index < -0.39 is 0 Å². The predicted molar refractivity (Wildman–Crippen MR) is 68.8 cm³/mol. The molecular formula is C13H24N2O3. The lowest BCUT2D eigenvalue weighted by atomic mass is 9.96. The highest BCUT2D eigenvalue weighted by Crippen LogP contribution is 2.19. The average molecular weight is 256 g/mol. The van der Waals surface area contributed by atoms with Crippen molar-refractivity contribution in [2.24, 2.45) is 11.7 Å². The first kappa shape index (κ1) is 15.0. The van der Waals surface area contributed by atoms with Crippen molar-refractivity contribution in [3.63, 3.8) is 0 Å². The second-order valence-electron chi connectivity index (χ2n) is 4.87. The van der Waals surface area contributed by atoms with Gasteiger partial charge >= 0.3 is 5.97 Å². The van der Waals surface area contributed by atoms with Gasteiger partial charge in [-0.25, -0.2) is 0 Å². The monoisotopic (exact) mass is 256 g/mol. The molecule has 104 valence electrons. The van der Waals surface area contributed by atoms with E-state index in [1.54, 1.807) is 4.90 Å². The molecule has 1 aliphatic rings. The smallest absolute Gasteiger partial charge is 0.308 e. The van der Waals surface area contributed by atoms with E-state index in [0.29, 0.717) is 25.9 Å². The number of carbonyl (C=O) groups is 2. The third kappa shape index (κ3) is 3.98. The van der Waals surface area contributed by atoms with Crippen LogP contribution in [0.4, 0.5) is 0 Å². The molecule has 0 spiro atoms. The Bertz CT molecular complexity index is 286. The van der Waals surface area contributed by atoms with Crippen molar-refractivity contribution in [1.29, 1.82) is 0 Å². The number of ether oxygens (including phenoxy) is 1. The lowest BCUT2D eigenvalue weighted by molar-refractivity contribution is -0.149. The van der Waals surface area contributed by atoms with E-state index in [-0.39, 0.29) is 23.8 Å². The predicted octanol–water partition coefficient (Wildman–Crippen LogP) is 0.915. The minimum atomic E-state index is -0.389. The highest BCUT2D eigenvalue weighted by Gasteiger charge is 2.29. The van der Waals surface area contributed by atoms with Gasteiger partial charge in [-0.05, 0) is 19.3 Å². The molecule has 5 nitrogen and oxygen atoms in total. The molecule has 1 saturated heterocycles. The number of amides is 1. The molecule has 1 atom stereocenters. The third-order valence-electron chi connectivity index (χ3n) is 3.53. The molecule has 0 bridgehead atoms. The molecule has 0 aromatic heterocycles. The van der Waals surface area contributed by atoms with Crippen LogP contribution < -0.4 is 5.73 Å². The van der Waals surface area contributed by atoms with Crippen LogP contribution in [0, 0.1) is 5.92 Å². The Kier molecular flexibility index (Phi) is 6.12. The number of esters is 1. The molecule has 5 heteroatoms. The lowest BCUT2D eigenvalue weighted by Crippen LogP contribution is -2.48. The Morgan fingerprint density at radius 2 is 2.00 bits per heavy atom. The number of nitrogens with two attached hydrogens (primary N) is 1. The van der Waals surface area contributed by atoms with Gasteiger partial charge in [0.15, 0.2) is 0 Å². The second kappa shape index (κ2) is 7.36. The van der Waals surface area contributed by atoms with E-state index in [1.807, 2.05) is 0 Å². The van der Waals surface area contributed by atoms with Gasteiger partial charge in [-0.1, -0.05) is 19.8 Å². The second-order valence-corrected chi connectivity index (χ2v) is 4.87. The van der Waals surface area contributed by atoms with Crippen molar-refractivity contribution in [3.8, 4) is 0 Å². The highest BCUT2D eigenvalue weighted by atomic mass is 16.5. The van der Waals surface area contributed by atoms with Crippen LogP contribution in [0.2, 0.25) is 0 Å². The van der Waals surface area contributed by atoms with Crippen molar-refractivity contribution >= 4 is 11.9 Å². The topological polar surface area (TPSA) is 72.6 Å². The van der Waals surface area contributed by atoms with Crippen LogP contribution in [0.5, 0.6) is 0 Å². The fraction of sp³-hybridized carbons (Fsp3) is 0.846. The number of methoxy groups -OCH3 is 1. The van der Waals surface area contributed by atoms with E-state index >= 15 is 0 Å². The number of rotatable bonds is 5. The highest BCUT2D eigenvalue weighted by molar-refractivity contribution is 5.82. The molecule has 18 heavy (non-hydrogen) atoms. The van der Waals surface area contributed by atoms with Crippen LogP contribution in [0.15, 0.2) is 0 Å². The van der Waals surface area contributed by atoms with Crippen molar-refractivity contribution < 1.29 is 14.3 Å². The largest absolute Gasteiger partial charge is 0.469 e. The number of hydrogen-bond donors (Lipinski definition) is 1. The molecule has 0 saturated carbocycles. The lowest BCUT2D eigenvalue weighted by Gasteiger charge is -2.32. The van der Waals surface area contributed by atoms with Crippen LogP contribution in [0.1, 0.15) is 39.0 Å². The molecule has 0 aromatic rings. The van der Waals surface area contributed by atoms with Crippen LogP contribution >= 0.6 is 0 Å². The first-order chi connectivity index (χ1) is 8.60. The van der Waals surface area contributed by atoms with Gasteiger partial charge in [-0.15, -0.1) is 0 Å². The molecule has 1 aliphatic heterocycles. The van der Waals surface area contributed by atoms with E-state index in [4.69, 9.17) is 10.5 Å². The van der Waals surface area contributed by atoms with Crippen molar-refractivity contribution in [3.05, 3.63) is 0 Å². The maximum Gasteiger partial charge on any atom is 0.308 e. The summed E-state index contributed by atoms with van der Waals surface area (Å²) in [5, 5.41) is 0. The average Bonchev–Trinajstić information content (AvgIpc) is 2.43. The first-order valence-corrected chi connectivity index (χ1v) is 6.72. The maximum absolute atomic E-state index is 12.0. The van der Waals surface area contributed by atoms with Gasteiger partial charge in [-0.2, -0.15) is 0 Å². The Balaban J connectivity index is 2.37. The number of carbonyl (C=O) groups excluding carboxylic acids is 2. The first-order valence-electron chi connectivity index (χ1n) is 6.72. The van der Waals surface area contributed by atoms with Crippen LogP contribution in [-0.2, 0) is 14.3 Å². The fourth-order valence-corrected chi connectivity index (χ4v) is 2.28. The summed E-state index contributed by atoms with van der Waals surface area (Å²) < 4.78 is 4.72. The molecule has 0 aromatic carbocycles. The normalized spacial score (nSPS) is 18.5. The van der Waals surface area contributed by atoms with E-state index in [0.717, 1.165) is 19.3 Å². The van der Waals surface area contributed by atoms with Gasteiger partial charge in [0, 0.05) is 13.1 Å². The molecule has 1 amide bonds. The number of unbranched alkanes of at least 4 members (excludes halogenated alkanes) is 1. The zero-order valence-electron chi connectivity index (χ0n) is 11.4. The van der Waals surface area contributed by atoms with E-state index in [1.165, 1.54) is 7.11 Å². The zero-order chi connectivity index (χ0) is 13.5. The number of nitrogens with zero attached hydrogens (tertiary/aromatic N) is 1. The minimum Gasteiger partial charge on any atom is -0.469 e. The Labute approximate surface area is 109 Å². The van der Waals surface area contributed by atoms with Gasteiger partial charge in [-0.3, -0.25) is 9.59 Å². The molecular weight excluding hydrogens is 232 g/mol. The van der Waals surface area contributed by atoms with Crippen LogP contribution in [0.3, 0.4) is 0 Å². The van der Waals surface area contributed by atoms with Crippen molar-refractivity contribution in [1.82, 2.24) is 4.90 Å². The number of likely N-dealkylation sites (tertiary alicyclic amines) is 1. The van der Waals surface area contributed by atoms with Crippen LogP contribution in [-0.4, -0.2) is 43.0 Å². The molecule has 0 unspecified atom stereocenters. The summed E-state index contributed by atoms with van der Waals surface area (Å²) in [6.45, 7) is 3.30.